The lowest BCUT2D eigenvalue weighted by Gasteiger charge is -2.11. The van der Waals surface area contributed by atoms with E-state index in [9.17, 15) is 14.4 Å². The number of nitrogens with zero attached hydrogens (tertiary/aromatic N) is 1. The van der Waals surface area contributed by atoms with Gasteiger partial charge in [-0.3, -0.25) is 9.59 Å². The SMILES string of the molecule is Cc1nc(C(C)NC(=O)CCCC(=O)NC(C)C)sc1C(=O)O. The van der Waals surface area contributed by atoms with E-state index in [0.29, 0.717) is 23.5 Å². The number of carbonyl (C=O) groups is 3. The number of carboxylic acids is 1. The van der Waals surface area contributed by atoms with E-state index in [1.165, 1.54) is 0 Å². The summed E-state index contributed by atoms with van der Waals surface area (Å²) < 4.78 is 0. The van der Waals surface area contributed by atoms with Crippen molar-refractivity contribution in [2.75, 3.05) is 0 Å². The van der Waals surface area contributed by atoms with Crippen LogP contribution in [0, 0.1) is 6.92 Å². The maximum absolute atomic E-state index is 11.9. The van der Waals surface area contributed by atoms with E-state index in [4.69, 9.17) is 5.11 Å². The van der Waals surface area contributed by atoms with Gasteiger partial charge in [0.15, 0.2) is 0 Å². The first kappa shape index (κ1) is 19.1. The fourth-order valence-corrected chi connectivity index (χ4v) is 2.89. The first-order valence-electron chi connectivity index (χ1n) is 7.50. The highest BCUT2D eigenvalue weighted by atomic mass is 32.1. The molecule has 0 aliphatic carbocycles. The second-order valence-electron chi connectivity index (χ2n) is 5.64. The number of hydrogen-bond donors (Lipinski definition) is 3. The zero-order valence-corrected chi connectivity index (χ0v) is 14.6. The van der Waals surface area contributed by atoms with Gasteiger partial charge < -0.3 is 15.7 Å². The van der Waals surface area contributed by atoms with Gasteiger partial charge in [-0.1, -0.05) is 0 Å². The van der Waals surface area contributed by atoms with E-state index in [2.05, 4.69) is 15.6 Å². The number of hydrogen-bond acceptors (Lipinski definition) is 5. The number of aromatic carboxylic acids is 1. The molecule has 0 saturated carbocycles. The lowest BCUT2D eigenvalue weighted by molar-refractivity contribution is -0.123. The number of amides is 2. The predicted octanol–water partition coefficient (Wildman–Crippen LogP) is 2.02. The number of aromatic nitrogens is 1. The van der Waals surface area contributed by atoms with Crippen molar-refractivity contribution in [3.8, 4) is 0 Å². The van der Waals surface area contributed by atoms with Gasteiger partial charge in [-0.2, -0.15) is 0 Å². The summed E-state index contributed by atoms with van der Waals surface area (Å²) >= 11 is 1.06. The predicted molar refractivity (Wildman–Crippen MR) is 87.5 cm³/mol. The summed E-state index contributed by atoms with van der Waals surface area (Å²) in [6.45, 7) is 7.15. The van der Waals surface area contributed by atoms with Crippen molar-refractivity contribution in [3.05, 3.63) is 15.6 Å². The normalized spacial score (nSPS) is 12.0. The second kappa shape index (κ2) is 8.61. The minimum Gasteiger partial charge on any atom is -0.477 e. The molecule has 1 heterocycles. The molecule has 0 aliphatic heterocycles. The van der Waals surface area contributed by atoms with Gasteiger partial charge in [-0.15, -0.1) is 11.3 Å². The molecule has 0 radical (unpaired) electrons. The van der Waals surface area contributed by atoms with Crippen LogP contribution in [-0.2, 0) is 9.59 Å². The van der Waals surface area contributed by atoms with Crippen molar-refractivity contribution in [3.63, 3.8) is 0 Å². The molecule has 1 aromatic heterocycles. The zero-order valence-electron chi connectivity index (χ0n) is 13.8. The lowest BCUT2D eigenvalue weighted by Crippen LogP contribution is -2.30. The maximum atomic E-state index is 11.9. The molecule has 0 aromatic carbocycles. The van der Waals surface area contributed by atoms with Crippen LogP contribution >= 0.6 is 11.3 Å². The van der Waals surface area contributed by atoms with E-state index in [-0.39, 0.29) is 35.2 Å². The highest BCUT2D eigenvalue weighted by Gasteiger charge is 2.19. The Balaban J connectivity index is 2.43. The van der Waals surface area contributed by atoms with Crippen LogP contribution in [0.4, 0.5) is 0 Å². The van der Waals surface area contributed by atoms with Gasteiger partial charge in [0.25, 0.3) is 0 Å². The number of thiazole rings is 1. The van der Waals surface area contributed by atoms with Crippen molar-refractivity contribution in [2.24, 2.45) is 0 Å². The van der Waals surface area contributed by atoms with Crippen LogP contribution in [0.3, 0.4) is 0 Å². The second-order valence-corrected chi connectivity index (χ2v) is 6.67. The summed E-state index contributed by atoms with van der Waals surface area (Å²) in [6.07, 6.45) is 1.01. The molecular weight excluding hydrogens is 318 g/mol. The number of carbonyl (C=O) groups excluding carboxylic acids is 2. The van der Waals surface area contributed by atoms with Gasteiger partial charge in [0.2, 0.25) is 11.8 Å². The number of aryl methyl sites for hydroxylation is 1. The molecule has 1 aromatic rings. The Morgan fingerprint density at radius 1 is 1.13 bits per heavy atom. The average molecular weight is 341 g/mol. The highest BCUT2D eigenvalue weighted by Crippen LogP contribution is 2.23. The van der Waals surface area contributed by atoms with Crippen molar-refractivity contribution >= 4 is 29.1 Å². The average Bonchev–Trinajstić information content (AvgIpc) is 2.80. The molecule has 0 spiro atoms. The van der Waals surface area contributed by atoms with Crippen LogP contribution in [0.1, 0.15) is 66.4 Å². The monoisotopic (exact) mass is 341 g/mol. The molecule has 128 valence electrons. The highest BCUT2D eigenvalue weighted by molar-refractivity contribution is 7.13. The number of rotatable bonds is 8. The molecule has 1 rings (SSSR count). The van der Waals surface area contributed by atoms with Crippen LogP contribution in [0.25, 0.3) is 0 Å². The van der Waals surface area contributed by atoms with Crippen LogP contribution < -0.4 is 10.6 Å². The van der Waals surface area contributed by atoms with Crippen LogP contribution in [-0.4, -0.2) is 33.9 Å². The van der Waals surface area contributed by atoms with Crippen molar-refractivity contribution in [2.45, 2.75) is 59.0 Å². The molecule has 23 heavy (non-hydrogen) atoms. The Kier molecular flexibility index (Phi) is 7.15. The molecule has 3 N–H and O–H groups in total. The van der Waals surface area contributed by atoms with Gasteiger partial charge in [-0.25, -0.2) is 9.78 Å². The van der Waals surface area contributed by atoms with Gasteiger partial charge >= 0.3 is 5.97 Å². The summed E-state index contributed by atoms with van der Waals surface area (Å²) in [5.41, 5.74) is 0.448. The molecule has 0 fully saturated rings. The Morgan fingerprint density at radius 2 is 1.70 bits per heavy atom. The first-order chi connectivity index (χ1) is 10.7. The number of nitrogens with one attached hydrogen (secondary N) is 2. The number of carboxylic acid groups (broad SMARTS) is 1. The van der Waals surface area contributed by atoms with Crippen molar-refractivity contribution in [1.82, 2.24) is 15.6 Å². The van der Waals surface area contributed by atoms with Gasteiger partial charge in [-0.05, 0) is 34.1 Å². The summed E-state index contributed by atoms with van der Waals surface area (Å²) in [5.74, 6) is -1.26. The quantitative estimate of drug-likeness (QED) is 0.670. The summed E-state index contributed by atoms with van der Waals surface area (Å²) in [6, 6.07) is -0.267. The van der Waals surface area contributed by atoms with Crippen molar-refractivity contribution < 1.29 is 19.5 Å². The molecule has 0 saturated heterocycles. The van der Waals surface area contributed by atoms with E-state index in [0.717, 1.165) is 11.3 Å². The van der Waals surface area contributed by atoms with Crippen LogP contribution in [0.15, 0.2) is 0 Å². The Morgan fingerprint density at radius 3 is 2.17 bits per heavy atom. The van der Waals surface area contributed by atoms with Crippen LogP contribution in [0.5, 0.6) is 0 Å². The topological polar surface area (TPSA) is 108 Å². The Bertz CT molecular complexity index is 583. The fraction of sp³-hybridized carbons (Fsp3) is 0.600. The standard InChI is InChI=1S/C15H23N3O4S/c1-8(2)16-11(19)6-5-7-12(20)17-10(4)14-18-9(3)13(23-14)15(21)22/h8,10H,5-7H2,1-4H3,(H,16,19)(H,17,20)(H,21,22). The minimum absolute atomic E-state index is 0.0671. The summed E-state index contributed by atoms with van der Waals surface area (Å²) in [4.78, 5) is 38.7. The summed E-state index contributed by atoms with van der Waals surface area (Å²) in [5, 5.41) is 15.1. The van der Waals surface area contributed by atoms with E-state index < -0.39 is 5.97 Å². The maximum Gasteiger partial charge on any atom is 0.347 e. The molecule has 1 unspecified atom stereocenters. The fourth-order valence-electron chi connectivity index (χ4n) is 1.98. The van der Waals surface area contributed by atoms with E-state index >= 15 is 0 Å². The largest absolute Gasteiger partial charge is 0.477 e. The molecule has 0 bridgehead atoms. The van der Waals surface area contributed by atoms with Gasteiger partial charge in [0, 0.05) is 18.9 Å². The van der Waals surface area contributed by atoms with Crippen molar-refractivity contribution in [1.29, 1.82) is 0 Å². The smallest absolute Gasteiger partial charge is 0.347 e. The van der Waals surface area contributed by atoms with Crippen LogP contribution in [0.2, 0.25) is 0 Å². The molecule has 7 nitrogen and oxygen atoms in total. The molecule has 8 heteroatoms. The zero-order chi connectivity index (χ0) is 17.6. The first-order valence-corrected chi connectivity index (χ1v) is 8.31. The third kappa shape index (κ3) is 6.35. The molecule has 0 aliphatic rings. The lowest BCUT2D eigenvalue weighted by atomic mass is 10.2. The third-order valence-corrected chi connectivity index (χ3v) is 4.34. The Hall–Kier alpha value is -1.96. The van der Waals surface area contributed by atoms with Gasteiger partial charge in [0.05, 0.1) is 11.7 Å². The molecule has 2 amide bonds. The van der Waals surface area contributed by atoms with E-state index in [1.807, 2.05) is 13.8 Å². The summed E-state index contributed by atoms with van der Waals surface area (Å²) in [7, 11) is 0. The van der Waals surface area contributed by atoms with Gasteiger partial charge in [0.1, 0.15) is 9.88 Å². The molecule has 1 atom stereocenters. The molecular formula is C15H23N3O4S. The third-order valence-electron chi connectivity index (χ3n) is 3.01. The minimum atomic E-state index is -1.01. The Labute approximate surface area is 139 Å². The van der Waals surface area contributed by atoms with E-state index in [1.54, 1.807) is 13.8 Å².